The Morgan fingerprint density at radius 1 is 0.795 bits per heavy atom. The minimum atomic E-state index is -0.355. The molecule has 2 unspecified atom stereocenters. The van der Waals surface area contributed by atoms with E-state index in [1.165, 1.54) is 22.3 Å². The van der Waals surface area contributed by atoms with Crippen molar-refractivity contribution in [3.8, 4) is 11.1 Å². The SMILES string of the molecule is O=C(c1ccc(C2OCCO2)cc1)C1CC2COCC(C1)N2C(=O)OCC1c2ccccc2-c2ccccc21. The van der Waals surface area contributed by atoms with Gasteiger partial charge in [0, 0.05) is 23.0 Å². The second kappa shape index (κ2) is 10.2. The van der Waals surface area contributed by atoms with Gasteiger partial charge in [-0.05, 0) is 35.1 Å². The van der Waals surface area contributed by atoms with Crippen molar-refractivity contribution in [3.05, 3.63) is 95.1 Å². The first-order valence-corrected chi connectivity index (χ1v) is 13.8. The first-order chi connectivity index (χ1) is 19.2. The van der Waals surface area contributed by atoms with Crippen molar-refractivity contribution >= 4 is 11.9 Å². The summed E-state index contributed by atoms with van der Waals surface area (Å²) in [5.41, 5.74) is 6.38. The molecular weight excluding hydrogens is 494 g/mol. The maximum absolute atomic E-state index is 13.4. The van der Waals surface area contributed by atoms with Crippen LogP contribution >= 0.6 is 0 Å². The van der Waals surface area contributed by atoms with Gasteiger partial charge in [0.2, 0.25) is 0 Å². The highest BCUT2D eigenvalue weighted by Crippen LogP contribution is 2.45. The van der Waals surface area contributed by atoms with Crippen LogP contribution in [0.5, 0.6) is 0 Å². The van der Waals surface area contributed by atoms with E-state index in [1.807, 2.05) is 53.4 Å². The average molecular weight is 526 g/mol. The molecule has 2 bridgehead atoms. The number of benzene rings is 3. The number of amides is 1. The molecule has 39 heavy (non-hydrogen) atoms. The van der Waals surface area contributed by atoms with E-state index in [9.17, 15) is 9.59 Å². The Bertz CT molecular complexity index is 1320. The molecule has 3 fully saturated rings. The van der Waals surface area contributed by atoms with E-state index >= 15 is 0 Å². The van der Waals surface area contributed by atoms with Crippen LogP contribution in [0.15, 0.2) is 72.8 Å². The minimum absolute atomic E-state index is 0.0135. The fraction of sp³-hybridized carbons (Fsp3) is 0.375. The zero-order valence-corrected chi connectivity index (χ0v) is 21.7. The van der Waals surface area contributed by atoms with Gasteiger partial charge in [0.05, 0.1) is 38.5 Å². The first-order valence-electron chi connectivity index (χ1n) is 13.8. The van der Waals surface area contributed by atoms with Crippen LogP contribution in [-0.2, 0) is 18.9 Å². The molecule has 7 nitrogen and oxygen atoms in total. The Morgan fingerprint density at radius 2 is 1.38 bits per heavy atom. The van der Waals surface area contributed by atoms with Gasteiger partial charge in [-0.2, -0.15) is 0 Å². The van der Waals surface area contributed by atoms with Crippen LogP contribution in [0.1, 0.15) is 52.1 Å². The summed E-state index contributed by atoms with van der Waals surface area (Å²) in [7, 11) is 0. The number of carbonyl (C=O) groups is 2. The molecule has 7 heteroatoms. The third-order valence-electron chi connectivity index (χ3n) is 8.53. The molecular formula is C32H31NO6. The highest BCUT2D eigenvalue weighted by atomic mass is 16.7. The van der Waals surface area contributed by atoms with Gasteiger partial charge in [0.15, 0.2) is 12.1 Å². The normalized spacial score (nSPS) is 24.3. The van der Waals surface area contributed by atoms with Crippen LogP contribution in [0, 0.1) is 5.92 Å². The molecule has 1 amide bonds. The number of carbonyl (C=O) groups excluding carboxylic acids is 2. The van der Waals surface area contributed by atoms with Gasteiger partial charge in [0.25, 0.3) is 0 Å². The van der Waals surface area contributed by atoms with Crippen LogP contribution in [0.3, 0.4) is 0 Å². The molecule has 3 aromatic rings. The number of nitrogens with zero attached hydrogens (tertiary/aromatic N) is 1. The first kappa shape index (κ1) is 24.5. The van der Waals surface area contributed by atoms with Crippen molar-refractivity contribution in [2.75, 3.05) is 33.0 Å². The van der Waals surface area contributed by atoms with E-state index in [2.05, 4.69) is 24.3 Å². The van der Waals surface area contributed by atoms with Crippen molar-refractivity contribution in [1.29, 1.82) is 0 Å². The van der Waals surface area contributed by atoms with E-state index in [1.54, 1.807) is 0 Å². The van der Waals surface area contributed by atoms with E-state index in [4.69, 9.17) is 18.9 Å². The lowest BCUT2D eigenvalue weighted by Crippen LogP contribution is -2.60. The van der Waals surface area contributed by atoms with Gasteiger partial charge in [0.1, 0.15) is 6.61 Å². The molecule has 2 atom stereocenters. The maximum Gasteiger partial charge on any atom is 0.410 e. The Hall–Kier alpha value is -3.52. The van der Waals surface area contributed by atoms with Gasteiger partial charge < -0.3 is 18.9 Å². The Balaban J connectivity index is 1.03. The number of hydrogen-bond acceptors (Lipinski definition) is 6. The molecule has 1 aliphatic carbocycles. The van der Waals surface area contributed by atoms with Crippen LogP contribution in [-0.4, -0.2) is 61.9 Å². The lowest BCUT2D eigenvalue weighted by molar-refractivity contribution is -0.0747. The van der Waals surface area contributed by atoms with Gasteiger partial charge in [-0.1, -0.05) is 72.8 Å². The molecule has 4 aliphatic rings. The van der Waals surface area contributed by atoms with Crippen molar-refractivity contribution in [2.24, 2.45) is 5.92 Å². The summed E-state index contributed by atoms with van der Waals surface area (Å²) >= 11 is 0. The highest BCUT2D eigenvalue weighted by molar-refractivity contribution is 5.98. The average Bonchev–Trinajstić information content (AvgIpc) is 3.62. The van der Waals surface area contributed by atoms with Crippen LogP contribution in [0.2, 0.25) is 0 Å². The molecule has 200 valence electrons. The Labute approximate surface area is 227 Å². The highest BCUT2D eigenvalue weighted by Gasteiger charge is 2.45. The quantitative estimate of drug-likeness (QED) is 0.419. The number of Topliss-reactive ketones (excluding diaryl/α,β-unsaturated/α-hetero) is 1. The molecule has 0 spiro atoms. The second-order valence-corrected chi connectivity index (χ2v) is 10.8. The van der Waals surface area contributed by atoms with Gasteiger partial charge >= 0.3 is 6.09 Å². The minimum Gasteiger partial charge on any atom is -0.448 e. The third-order valence-corrected chi connectivity index (χ3v) is 8.53. The van der Waals surface area contributed by atoms with Gasteiger partial charge in [-0.3, -0.25) is 9.69 Å². The summed E-state index contributed by atoms with van der Waals surface area (Å²) in [6.45, 7) is 2.28. The number of ether oxygens (including phenoxy) is 4. The van der Waals surface area contributed by atoms with Gasteiger partial charge in [-0.15, -0.1) is 0 Å². The molecule has 0 N–H and O–H groups in total. The molecule has 3 saturated heterocycles. The Kier molecular flexibility index (Phi) is 6.43. The predicted molar refractivity (Wildman–Crippen MR) is 143 cm³/mol. The smallest absolute Gasteiger partial charge is 0.410 e. The molecule has 0 radical (unpaired) electrons. The molecule has 0 saturated carbocycles. The van der Waals surface area contributed by atoms with E-state index in [-0.39, 0.29) is 48.7 Å². The zero-order valence-electron chi connectivity index (χ0n) is 21.7. The van der Waals surface area contributed by atoms with Gasteiger partial charge in [-0.25, -0.2) is 4.79 Å². The number of rotatable bonds is 5. The zero-order chi connectivity index (χ0) is 26.3. The summed E-state index contributed by atoms with van der Waals surface area (Å²) in [6.07, 6.45) is 0.458. The number of fused-ring (bicyclic) bond motifs is 5. The number of ketones is 1. The predicted octanol–water partition coefficient (Wildman–Crippen LogP) is 5.34. The summed E-state index contributed by atoms with van der Waals surface area (Å²) in [5, 5.41) is 0. The van der Waals surface area contributed by atoms with Crippen LogP contribution < -0.4 is 0 Å². The monoisotopic (exact) mass is 525 g/mol. The summed E-state index contributed by atoms with van der Waals surface area (Å²) in [4.78, 5) is 28.7. The fourth-order valence-corrected chi connectivity index (χ4v) is 6.69. The number of hydrogen-bond donors (Lipinski definition) is 0. The standard InChI is InChI=1S/C32H31NO6/c34-30(20-9-11-21(12-10-20)31-37-13-14-38-31)22-15-23-17-36-18-24(16-22)33(23)32(35)39-19-29-27-7-3-1-5-25(27)26-6-2-4-8-28(26)29/h1-12,22-24,29,31H,13-19H2. The summed E-state index contributed by atoms with van der Waals surface area (Å²) in [6, 6.07) is 23.8. The molecule has 3 aliphatic heterocycles. The lowest BCUT2D eigenvalue weighted by atomic mass is 9.81. The van der Waals surface area contributed by atoms with Crippen molar-refractivity contribution in [2.45, 2.75) is 37.1 Å². The molecule has 0 aromatic heterocycles. The lowest BCUT2D eigenvalue weighted by Gasteiger charge is -2.47. The van der Waals surface area contributed by atoms with Crippen LogP contribution in [0.4, 0.5) is 4.79 Å². The molecule has 3 aromatic carbocycles. The fourth-order valence-electron chi connectivity index (χ4n) is 6.69. The third kappa shape index (κ3) is 4.44. The molecule has 7 rings (SSSR count). The topological polar surface area (TPSA) is 74.3 Å². The van der Waals surface area contributed by atoms with E-state index in [0.717, 1.165) is 5.56 Å². The van der Waals surface area contributed by atoms with Crippen LogP contribution in [0.25, 0.3) is 11.1 Å². The van der Waals surface area contributed by atoms with E-state index in [0.29, 0.717) is 44.8 Å². The summed E-state index contributed by atoms with van der Waals surface area (Å²) in [5.74, 6) is -0.0372. The number of morpholine rings is 1. The summed E-state index contributed by atoms with van der Waals surface area (Å²) < 4.78 is 22.9. The Morgan fingerprint density at radius 3 is 2.00 bits per heavy atom. The van der Waals surface area contributed by atoms with Crippen molar-refractivity contribution in [3.63, 3.8) is 0 Å². The van der Waals surface area contributed by atoms with E-state index < -0.39 is 0 Å². The van der Waals surface area contributed by atoms with Crippen molar-refractivity contribution < 1.29 is 28.5 Å². The van der Waals surface area contributed by atoms with Crippen molar-refractivity contribution in [1.82, 2.24) is 4.90 Å². The number of piperidine rings is 1. The maximum atomic E-state index is 13.4. The largest absolute Gasteiger partial charge is 0.448 e. The second-order valence-electron chi connectivity index (χ2n) is 10.8. The molecule has 3 heterocycles.